The highest BCUT2D eigenvalue weighted by atomic mass is 32.1. The smallest absolute Gasteiger partial charge is 0.0977 e. The number of ether oxygens (including phenoxy) is 1. The quantitative estimate of drug-likeness (QED) is 0.879. The van der Waals surface area contributed by atoms with Crippen LogP contribution in [0.2, 0.25) is 0 Å². The van der Waals surface area contributed by atoms with Gasteiger partial charge >= 0.3 is 0 Å². The maximum Gasteiger partial charge on any atom is 0.0977 e. The van der Waals surface area contributed by atoms with Crippen LogP contribution in [-0.2, 0) is 11.3 Å². The summed E-state index contributed by atoms with van der Waals surface area (Å²) < 4.78 is 5.92. The molecule has 0 bridgehead atoms. The zero-order valence-electron chi connectivity index (χ0n) is 9.87. The molecule has 3 heteroatoms. The second-order valence-corrected chi connectivity index (χ2v) is 5.11. The number of thiophene rings is 1. The Balaban J connectivity index is 2.03. The molecule has 90 valence electrons. The topological polar surface area (TPSA) is 35.2 Å². The molecular formula is C14H17NOS. The number of rotatable bonds is 5. The van der Waals surface area contributed by atoms with E-state index < -0.39 is 0 Å². The average molecular weight is 247 g/mol. The second-order valence-electron chi connectivity index (χ2n) is 4.08. The molecule has 2 aromatic rings. The molecular weight excluding hydrogens is 230 g/mol. The first kappa shape index (κ1) is 12.3. The molecule has 1 aromatic carbocycles. The minimum Gasteiger partial charge on any atom is -0.366 e. The Morgan fingerprint density at radius 3 is 2.53 bits per heavy atom. The molecule has 0 aliphatic rings. The summed E-state index contributed by atoms with van der Waals surface area (Å²) in [6.45, 7) is 2.60. The summed E-state index contributed by atoms with van der Waals surface area (Å²) in [5.74, 6) is 0. The van der Waals surface area contributed by atoms with Crippen molar-refractivity contribution in [2.45, 2.75) is 25.7 Å². The lowest BCUT2D eigenvalue weighted by molar-refractivity contribution is 0.0274. The van der Waals surface area contributed by atoms with Crippen LogP contribution in [0.1, 0.15) is 23.5 Å². The number of hydrogen-bond donors (Lipinski definition) is 1. The fourth-order valence-electron chi connectivity index (χ4n) is 1.76. The standard InChI is InChI=1S/C14H17NOS/c1-11(15)14(12-6-3-2-4-7-12)16-10-13-8-5-9-17-13/h2-9,11,14H,10,15H2,1H3. The lowest BCUT2D eigenvalue weighted by Crippen LogP contribution is -2.26. The fraction of sp³-hybridized carbons (Fsp3) is 0.286. The van der Waals surface area contributed by atoms with E-state index in [9.17, 15) is 0 Å². The van der Waals surface area contributed by atoms with Crippen molar-refractivity contribution in [2.24, 2.45) is 5.73 Å². The Bertz CT molecular complexity index is 425. The van der Waals surface area contributed by atoms with Gasteiger partial charge in [0.25, 0.3) is 0 Å². The molecule has 0 aliphatic heterocycles. The second kappa shape index (κ2) is 5.96. The molecule has 2 N–H and O–H groups in total. The first-order valence-corrected chi connectivity index (χ1v) is 6.60. The van der Waals surface area contributed by atoms with Crippen molar-refractivity contribution in [1.29, 1.82) is 0 Å². The third-order valence-electron chi connectivity index (χ3n) is 2.59. The van der Waals surface area contributed by atoms with Gasteiger partial charge in [-0.1, -0.05) is 36.4 Å². The first-order valence-electron chi connectivity index (χ1n) is 5.72. The van der Waals surface area contributed by atoms with Gasteiger partial charge in [-0.2, -0.15) is 0 Å². The van der Waals surface area contributed by atoms with Gasteiger partial charge in [-0.25, -0.2) is 0 Å². The van der Waals surface area contributed by atoms with Crippen LogP contribution in [0.15, 0.2) is 47.8 Å². The Labute approximate surface area is 106 Å². The summed E-state index contributed by atoms with van der Waals surface area (Å²) >= 11 is 1.71. The van der Waals surface area contributed by atoms with E-state index in [1.54, 1.807) is 11.3 Å². The normalized spacial score (nSPS) is 14.5. The van der Waals surface area contributed by atoms with Crippen LogP contribution in [0.4, 0.5) is 0 Å². The van der Waals surface area contributed by atoms with Crippen molar-refractivity contribution in [2.75, 3.05) is 0 Å². The van der Waals surface area contributed by atoms with Gasteiger partial charge < -0.3 is 10.5 Å². The van der Waals surface area contributed by atoms with Crippen LogP contribution in [0.5, 0.6) is 0 Å². The molecule has 2 rings (SSSR count). The van der Waals surface area contributed by atoms with Gasteiger partial charge in [-0.3, -0.25) is 0 Å². The summed E-state index contributed by atoms with van der Waals surface area (Å²) in [6.07, 6.45) is -0.0432. The van der Waals surface area contributed by atoms with Crippen LogP contribution in [0, 0.1) is 0 Å². The molecule has 0 radical (unpaired) electrons. The van der Waals surface area contributed by atoms with Crippen molar-refractivity contribution in [3.8, 4) is 0 Å². The lowest BCUT2D eigenvalue weighted by atomic mass is 10.0. The van der Waals surface area contributed by atoms with Crippen molar-refractivity contribution in [3.63, 3.8) is 0 Å². The minimum absolute atomic E-state index is 0.0163. The molecule has 0 fully saturated rings. The molecule has 1 heterocycles. The van der Waals surface area contributed by atoms with Crippen LogP contribution in [0.25, 0.3) is 0 Å². The SMILES string of the molecule is CC(N)C(OCc1cccs1)c1ccccc1. The Morgan fingerprint density at radius 1 is 1.18 bits per heavy atom. The molecule has 0 aliphatic carbocycles. The monoisotopic (exact) mass is 247 g/mol. The van der Waals surface area contributed by atoms with Gasteiger partial charge in [0.15, 0.2) is 0 Å². The van der Waals surface area contributed by atoms with Gasteiger partial charge in [0.2, 0.25) is 0 Å². The van der Waals surface area contributed by atoms with E-state index in [-0.39, 0.29) is 12.1 Å². The molecule has 17 heavy (non-hydrogen) atoms. The zero-order chi connectivity index (χ0) is 12.1. The van der Waals surface area contributed by atoms with Gasteiger partial charge in [0.05, 0.1) is 12.7 Å². The molecule has 2 unspecified atom stereocenters. The minimum atomic E-state index is -0.0432. The maximum atomic E-state index is 5.99. The van der Waals surface area contributed by atoms with Crippen LogP contribution in [-0.4, -0.2) is 6.04 Å². The van der Waals surface area contributed by atoms with Crippen LogP contribution < -0.4 is 5.73 Å². The van der Waals surface area contributed by atoms with Crippen molar-refractivity contribution in [3.05, 3.63) is 58.3 Å². The average Bonchev–Trinajstić information content (AvgIpc) is 2.83. The molecule has 2 atom stereocenters. The van der Waals surface area contributed by atoms with E-state index in [1.165, 1.54) is 4.88 Å². The summed E-state index contributed by atoms with van der Waals surface area (Å²) in [6, 6.07) is 14.2. The molecule has 0 saturated carbocycles. The lowest BCUT2D eigenvalue weighted by Gasteiger charge is -2.21. The Morgan fingerprint density at radius 2 is 1.94 bits per heavy atom. The Kier molecular flexibility index (Phi) is 4.31. The van der Waals surface area contributed by atoms with Crippen LogP contribution >= 0.6 is 11.3 Å². The summed E-state index contributed by atoms with van der Waals surface area (Å²) in [7, 11) is 0. The number of nitrogens with two attached hydrogens (primary N) is 1. The third kappa shape index (κ3) is 3.40. The first-order chi connectivity index (χ1) is 8.27. The molecule has 2 nitrogen and oxygen atoms in total. The largest absolute Gasteiger partial charge is 0.366 e. The summed E-state index contributed by atoms with van der Waals surface area (Å²) in [5.41, 5.74) is 7.12. The van der Waals surface area contributed by atoms with Gasteiger partial charge in [0.1, 0.15) is 0 Å². The highest BCUT2D eigenvalue weighted by Gasteiger charge is 2.16. The van der Waals surface area contributed by atoms with E-state index in [2.05, 4.69) is 23.6 Å². The van der Waals surface area contributed by atoms with Crippen molar-refractivity contribution in [1.82, 2.24) is 0 Å². The van der Waals surface area contributed by atoms with Gasteiger partial charge in [-0.15, -0.1) is 11.3 Å². The number of hydrogen-bond acceptors (Lipinski definition) is 3. The maximum absolute atomic E-state index is 5.99. The molecule has 0 amide bonds. The summed E-state index contributed by atoms with van der Waals surface area (Å²) in [5, 5.41) is 2.06. The van der Waals surface area contributed by atoms with Gasteiger partial charge in [-0.05, 0) is 23.9 Å². The Hall–Kier alpha value is -1.16. The van der Waals surface area contributed by atoms with Gasteiger partial charge in [0, 0.05) is 10.9 Å². The van der Waals surface area contributed by atoms with E-state index in [4.69, 9.17) is 10.5 Å². The van der Waals surface area contributed by atoms with E-state index in [1.807, 2.05) is 31.2 Å². The zero-order valence-corrected chi connectivity index (χ0v) is 10.7. The number of benzene rings is 1. The van der Waals surface area contributed by atoms with Crippen molar-refractivity contribution < 1.29 is 4.74 Å². The molecule has 0 saturated heterocycles. The highest BCUT2D eigenvalue weighted by molar-refractivity contribution is 7.09. The van der Waals surface area contributed by atoms with E-state index >= 15 is 0 Å². The molecule has 0 spiro atoms. The summed E-state index contributed by atoms with van der Waals surface area (Å²) in [4.78, 5) is 1.23. The van der Waals surface area contributed by atoms with Crippen LogP contribution in [0.3, 0.4) is 0 Å². The van der Waals surface area contributed by atoms with Crippen molar-refractivity contribution >= 4 is 11.3 Å². The van der Waals surface area contributed by atoms with E-state index in [0.717, 1.165) is 5.56 Å². The predicted molar refractivity (Wildman–Crippen MR) is 71.9 cm³/mol. The predicted octanol–water partition coefficient (Wildman–Crippen LogP) is 3.35. The highest BCUT2D eigenvalue weighted by Crippen LogP contribution is 2.22. The fourth-order valence-corrected chi connectivity index (χ4v) is 2.39. The van der Waals surface area contributed by atoms with E-state index in [0.29, 0.717) is 6.61 Å². The molecule has 1 aromatic heterocycles. The third-order valence-corrected chi connectivity index (χ3v) is 3.44.